The molecule has 3 aromatic rings. The summed E-state index contributed by atoms with van der Waals surface area (Å²) in [5.74, 6) is 0.237. The highest BCUT2D eigenvalue weighted by Gasteiger charge is 2.29. The Morgan fingerprint density at radius 2 is 2.09 bits per heavy atom. The van der Waals surface area contributed by atoms with Crippen molar-refractivity contribution in [1.82, 2.24) is 20.2 Å². The summed E-state index contributed by atoms with van der Waals surface area (Å²) in [6.45, 7) is 3.14. The Morgan fingerprint density at radius 1 is 1.27 bits per heavy atom. The van der Waals surface area contributed by atoms with E-state index in [1.54, 1.807) is 35.2 Å². The number of halogens is 2. The minimum absolute atomic E-state index is 0.0324. The molecule has 2 heterocycles. The van der Waals surface area contributed by atoms with Crippen LogP contribution in [0.25, 0.3) is 11.0 Å². The fourth-order valence-electron chi connectivity index (χ4n) is 4.30. The third kappa shape index (κ3) is 5.00. The van der Waals surface area contributed by atoms with Crippen LogP contribution < -0.4 is 11.1 Å². The van der Waals surface area contributed by atoms with Crippen LogP contribution in [0.4, 0.5) is 0 Å². The summed E-state index contributed by atoms with van der Waals surface area (Å²) < 4.78 is 0. The highest BCUT2D eigenvalue weighted by molar-refractivity contribution is 6.34. The molecule has 4 rings (SSSR count). The van der Waals surface area contributed by atoms with Gasteiger partial charge in [0.05, 0.1) is 27.7 Å². The van der Waals surface area contributed by atoms with Gasteiger partial charge < -0.3 is 20.9 Å². The minimum atomic E-state index is -0.302. The van der Waals surface area contributed by atoms with E-state index in [4.69, 9.17) is 28.9 Å². The van der Waals surface area contributed by atoms with Crippen molar-refractivity contribution in [3.05, 3.63) is 63.4 Å². The zero-order valence-corrected chi connectivity index (χ0v) is 19.9. The van der Waals surface area contributed by atoms with Crippen LogP contribution in [0.5, 0.6) is 0 Å². The van der Waals surface area contributed by atoms with E-state index in [9.17, 15) is 9.59 Å². The van der Waals surface area contributed by atoms with Gasteiger partial charge in [-0.2, -0.15) is 0 Å². The number of nitrogens with zero attached hydrogens (tertiary/aromatic N) is 2. The van der Waals surface area contributed by atoms with Crippen LogP contribution in [-0.2, 0) is 0 Å². The number of hydrogen-bond donors (Lipinski definition) is 3. The van der Waals surface area contributed by atoms with Crippen molar-refractivity contribution >= 4 is 46.0 Å². The summed E-state index contributed by atoms with van der Waals surface area (Å²) in [5, 5.41) is 3.89. The third-order valence-corrected chi connectivity index (χ3v) is 6.60. The summed E-state index contributed by atoms with van der Waals surface area (Å²) in [7, 11) is 0. The number of likely N-dealkylation sites (tertiary alicyclic amines) is 1. The van der Waals surface area contributed by atoms with Crippen molar-refractivity contribution in [2.75, 3.05) is 13.1 Å². The van der Waals surface area contributed by atoms with Gasteiger partial charge >= 0.3 is 0 Å². The number of aromatic nitrogens is 2. The first-order valence-corrected chi connectivity index (χ1v) is 11.9. The lowest BCUT2D eigenvalue weighted by molar-refractivity contribution is 0.0740. The summed E-state index contributed by atoms with van der Waals surface area (Å²) in [6.07, 6.45) is 3.39. The Hall–Kier alpha value is -2.61. The van der Waals surface area contributed by atoms with E-state index >= 15 is 0 Å². The third-order valence-electron chi connectivity index (χ3n) is 6.05. The maximum Gasteiger partial charge on any atom is 0.255 e. The molecule has 0 spiro atoms. The van der Waals surface area contributed by atoms with Crippen LogP contribution >= 0.6 is 23.2 Å². The average molecular weight is 488 g/mol. The number of fused-ring (bicyclic) bond motifs is 1. The van der Waals surface area contributed by atoms with E-state index in [2.05, 4.69) is 15.3 Å². The number of aromatic amines is 1. The molecule has 0 unspecified atom stereocenters. The predicted octanol–water partition coefficient (Wildman–Crippen LogP) is 4.70. The molecule has 0 bridgehead atoms. The molecule has 2 atom stereocenters. The lowest BCUT2D eigenvalue weighted by Gasteiger charge is -2.24. The zero-order chi connectivity index (χ0) is 23.5. The first-order valence-electron chi connectivity index (χ1n) is 11.2. The summed E-state index contributed by atoms with van der Waals surface area (Å²) >= 11 is 12.5. The molecule has 2 aromatic carbocycles. The second-order valence-corrected chi connectivity index (χ2v) is 9.17. The van der Waals surface area contributed by atoms with E-state index in [-0.39, 0.29) is 28.9 Å². The fourth-order valence-corrected chi connectivity index (χ4v) is 4.73. The average Bonchev–Trinajstić information content (AvgIpc) is 3.44. The normalized spacial score (nSPS) is 16.8. The Bertz CT molecular complexity index is 1180. The Morgan fingerprint density at radius 3 is 2.82 bits per heavy atom. The van der Waals surface area contributed by atoms with E-state index in [1.165, 1.54) is 0 Å². The van der Waals surface area contributed by atoms with Crippen LogP contribution in [-0.4, -0.2) is 45.8 Å². The molecule has 1 fully saturated rings. The molecule has 0 saturated carbocycles. The zero-order valence-electron chi connectivity index (χ0n) is 18.4. The number of imidazole rings is 1. The van der Waals surface area contributed by atoms with Crippen molar-refractivity contribution in [2.24, 2.45) is 5.73 Å². The predicted molar refractivity (Wildman–Crippen MR) is 131 cm³/mol. The molecule has 174 valence electrons. The van der Waals surface area contributed by atoms with Gasteiger partial charge in [-0.3, -0.25) is 9.59 Å². The molecule has 33 heavy (non-hydrogen) atoms. The van der Waals surface area contributed by atoms with Crippen LogP contribution in [0.3, 0.4) is 0 Å². The highest BCUT2D eigenvalue weighted by atomic mass is 35.5. The van der Waals surface area contributed by atoms with Gasteiger partial charge in [0.2, 0.25) is 0 Å². The molecular formula is C24H27Cl2N5O2. The topological polar surface area (TPSA) is 104 Å². The molecule has 1 aliphatic heterocycles. The SMILES string of the molecule is CCC[C@H](NC(=O)c1ccc(C(=O)N2CCC[C@H]2CN)c(Cl)c1)c1nc2cc(Cl)ccc2[nH]1. The molecule has 1 saturated heterocycles. The molecule has 0 radical (unpaired) electrons. The number of rotatable bonds is 7. The van der Waals surface area contributed by atoms with Crippen molar-refractivity contribution in [3.8, 4) is 0 Å². The number of hydrogen-bond acceptors (Lipinski definition) is 4. The molecule has 7 nitrogen and oxygen atoms in total. The lowest BCUT2D eigenvalue weighted by Crippen LogP contribution is -2.40. The quantitative estimate of drug-likeness (QED) is 0.448. The van der Waals surface area contributed by atoms with Crippen molar-refractivity contribution in [3.63, 3.8) is 0 Å². The van der Waals surface area contributed by atoms with Gasteiger partial charge in [-0.1, -0.05) is 36.5 Å². The summed E-state index contributed by atoms with van der Waals surface area (Å²) in [5.41, 5.74) is 8.17. The second-order valence-electron chi connectivity index (χ2n) is 8.32. The standard InChI is InChI=1S/C24H27Cl2N5O2/c1-2-4-20(22-28-19-9-7-15(25)12-21(19)29-22)30-23(32)14-6-8-17(18(26)11-14)24(33)31-10-3-5-16(31)13-27/h6-9,11-12,16,20H,2-5,10,13,27H2,1H3,(H,28,29)(H,30,32)/t16-,20-/m0/s1. The van der Waals surface area contributed by atoms with E-state index in [0.29, 0.717) is 41.5 Å². The van der Waals surface area contributed by atoms with E-state index in [0.717, 1.165) is 30.3 Å². The molecule has 9 heteroatoms. The van der Waals surface area contributed by atoms with Crippen LogP contribution in [0.15, 0.2) is 36.4 Å². The van der Waals surface area contributed by atoms with Crippen LogP contribution in [0.2, 0.25) is 10.0 Å². The maximum absolute atomic E-state index is 13.0. The van der Waals surface area contributed by atoms with Gasteiger partial charge in [0, 0.05) is 29.7 Å². The Balaban J connectivity index is 1.52. The molecule has 0 aliphatic carbocycles. The fraction of sp³-hybridized carbons (Fsp3) is 0.375. The summed E-state index contributed by atoms with van der Waals surface area (Å²) in [4.78, 5) is 35.6. The number of amides is 2. The number of carbonyl (C=O) groups is 2. The number of carbonyl (C=O) groups excluding carboxylic acids is 2. The largest absolute Gasteiger partial charge is 0.342 e. The molecule has 2 amide bonds. The van der Waals surface area contributed by atoms with Crippen molar-refractivity contribution in [2.45, 2.75) is 44.7 Å². The number of nitrogens with two attached hydrogens (primary N) is 1. The molecule has 4 N–H and O–H groups in total. The van der Waals surface area contributed by atoms with Gasteiger partial charge in [0.1, 0.15) is 5.82 Å². The lowest BCUT2D eigenvalue weighted by atomic mass is 10.1. The number of nitrogens with one attached hydrogen (secondary N) is 2. The monoisotopic (exact) mass is 487 g/mol. The van der Waals surface area contributed by atoms with E-state index < -0.39 is 0 Å². The van der Waals surface area contributed by atoms with Crippen molar-refractivity contribution in [1.29, 1.82) is 0 Å². The maximum atomic E-state index is 13.0. The van der Waals surface area contributed by atoms with Gasteiger partial charge in [-0.25, -0.2) is 4.98 Å². The minimum Gasteiger partial charge on any atom is -0.342 e. The smallest absolute Gasteiger partial charge is 0.255 e. The molecule has 1 aromatic heterocycles. The number of benzene rings is 2. The molecule has 1 aliphatic rings. The number of H-pyrrole nitrogens is 1. The first kappa shape index (κ1) is 23.5. The summed E-state index contributed by atoms with van der Waals surface area (Å²) in [6, 6.07) is 9.96. The van der Waals surface area contributed by atoms with Gasteiger partial charge in [0.15, 0.2) is 0 Å². The van der Waals surface area contributed by atoms with Crippen LogP contribution in [0.1, 0.15) is 65.2 Å². The van der Waals surface area contributed by atoms with Crippen molar-refractivity contribution < 1.29 is 9.59 Å². The highest BCUT2D eigenvalue weighted by Crippen LogP contribution is 2.26. The first-order chi connectivity index (χ1) is 15.9. The van der Waals surface area contributed by atoms with Gasteiger partial charge in [-0.15, -0.1) is 0 Å². The van der Waals surface area contributed by atoms with Gasteiger partial charge in [0.25, 0.3) is 11.8 Å². The second kappa shape index (κ2) is 10.1. The molecular weight excluding hydrogens is 461 g/mol. The van der Waals surface area contributed by atoms with Gasteiger partial charge in [-0.05, 0) is 55.7 Å². The van der Waals surface area contributed by atoms with E-state index in [1.807, 2.05) is 13.0 Å². The van der Waals surface area contributed by atoms with Crippen LogP contribution in [0, 0.1) is 0 Å². The Labute approximate surface area is 202 Å². The Kier molecular flexibility index (Phi) is 7.22.